The molecule has 0 radical (unpaired) electrons. The van der Waals surface area contributed by atoms with Crippen LogP contribution in [0.25, 0.3) is 0 Å². The second-order valence-electron chi connectivity index (χ2n) is 6.37. The van der Waals surface area contributed by atoms with Crippen LogP contribution in [0.2, 0.25) is 0 Å². The Labute approximate surface area is 121 Å². The van der Waals surface area contributed by atoms with Gasteiger partial charge in [0.15, 0.2) is 0 Å². The third-order valence-corrected chi connectivity index (χ3v) is 3.31. The van der Waals surface area contributed by atoms with E-state index in [1.165, 1.54) is 5.56 Å². The molecule has 20 heavy (non-hydrogen) atoms. The van der Waals surface area contributed by atoms with Crippen molar-refractivity contribution in [1.82, 2.24) is 14.8 Å². The minimum Gasteiger partial charge on any atom is -0.379 e. The van der Waals surface area contributed by atoms with Gasteiger partial charge >= 0.3 is 0 Å². The number of anilines is 1. The largest absolute Gasteiger partial charge is 0.379 e. The van der Waals surface area contributed by atoms with E-state index < -0.39 is 0 Å². The van der Waals surface area contributed by atoms with Gasteiger partial charge in [-0.15, -0.1) is 0 Å². The molecule has 0 aliphatic rings. The third kappa shape index (κ3) is 3.18. The second kappa shape index (κ2) is 5.27. The Balaban J connectivity index is 2.19. The van der Waals surface area contributed by atoms with Gasteiger partial charge in [-0.05, 0) is 26.0 Å². The van der Waals surface area contributed by atoms with E-state index in [2.05, 4.69) is 48.4 Å². The van der Waals surface area contributed by atoms with Crippen molar-refractivity contribution < 1.29 is 0 Å². The molecule has 0 amide bonds. The summed E-state index contributed by atoms with van der Waals surface area (Å²) < 4.78 is 1.89. The lowest BCUT2D eigenvalue weighted by Crippen LogP contribution is -2.16. The van der Waals surface area contributed by atoms with E-state index in [9.17, 15) is 0 Å². The number of hydrogen-bond acceptors (Lipinski definition) is 3. The zero-order valence-electron chi connectivity index (χ0n) is 13.3. The van der Waals surface area contributed by atoms with Gasteiger partial charge < -0.3 is 5.32 Å². The predicted octanol–water partition coefficient (Wildman–Crippen LogP) is 3.34. The van der Waals surface area contributed by atoms with Crippen LogP contribution in [0.4, 0.5) is 5.69 Å². The fraction of sp³-hybridized carbons (Fsp3) is 0.500. The first kappa shape index (κ1) is 14.6. The predicted molar refractivity (Wildman–Crippen MR) is 82.9 cm³/mol. The van der Waals surface area contributed by atoms with Crippen LogP contribution < -0.4 is 5.32 Å². The van der Waals surface area contributed by atoms with Gasteiger partial charge in [-0.2, -0.15) is 5.10 Å². The lowest BCUT2D eigenvalue weighted by molar-refractivity contribution is 0.549. The molecule has 108 valence electrons. The summed E-state index contributed by atoms with van der Waals surface area (Å²) in [5, 5.41) is 8.06. The molecule has 2 aromatic heterocycles. The minimum atomic E-state index is 0.0544. The molecule has 2 aromatic rings. The van der Waals surface area contributed by atoms with E-state index >= 15 is 0 Å². The first-order valence-corrected chi connectivity index (χ1v) is 6.98. The Hall–Kier alpha value is -1.84. The fourth-order valence-electron chi connectivity index (χ4n) is 2.36. The Morgan fingerprint density at radius 2 is 1.90 bits per heavy atom. The van der Waals surface area contributed by atoms with E-state index in [0.29, 0.717) is 0 Å². The summed E-state index contributed by atoms with van der Waals surface area (Å²) in [6.45, 7) is 11.4. The molecular weight excluding hydrogens is 248 g/mol. The van der Waals surface area contributed by atoms with E-state index in [1.807, 2.05) is 31.6 Å². The quantitative estimate of drug-likeness (QED) is 0.932. The molecule has 4 nitrogen and oxygen atoms in total. The van der Waals surface area contributed by atoms with Crippen molar-refractivity contribution in [3.8, 4) is 0 Å². The molecule has 1 N–H and O–H groups in total. The molecule has 2 heterocycles. The van der Waals surface area contributed by atoms with Gasteiger partial charge in [-0.1, -0.05) is 20.8 Å². The highest BCUT2D eigenvalue weighted by molar-refractivity contribution is 5.48. The highest BCUT2D eigenvalue weighted by Crippen LogP contribution is 2.25. The van der Waals surface area contributed by atoms with E-state index in [4.69, 9.17) is 0 Å². The standard InChI is InChI=1S/C16H24N4/c1-11-7-8-14(12(2)18-11)17-9-13-10-20(6)19-15(13)16(3,4)5/h7-8,10,17H,9H2,1-6H3. The van der Waals surface area contributed by atoms with Gasteiger partial charge in [0, 0.05) is 36.5 Å². The van der Waals surface area contributed by atoms with Crippen LogP contribution in [0, 0.1) is 13.8 Å². The maximum Gasteiger partial charge on any atom is 0.0727 e. The average Bonchev–Trinajstić information content (AvgIpc) is 2.69. The van der Waals surface area contributed by atoms with Crippen molar-refractivity contribution in [1.29, 1.82) is 0 Å². The van der Waals surface area contributed by atoms with Gasteiger partial charge in [0.2, 0.25) is 0 Å². The maximum absolute atomic E-state index is 4.59. The molecule has 0 spiro atoms. The zero-order chi connectivity index (χ0) is 14.9. The van der Waals surface area contributed by atoms with Crippen LogP contribution in [0.3, 0.4) is 0 Å². The van der Waals surface area contributed by atoms with Crippen molar-refractivity contribution in [2.75, 3.05) is 5.32 Å². The summed E-state index contributed by atoms with van der Waals surface area (Å²) in [6, 6.07) is 4.12. The average molecular weight is 272 g/mol. The second-order valence-corrected chi connectivity index (χ2v) is 6.37. The van der Waals surface area contributed by atoms with E-state index in [0.717, 1.165) is 29.3 Å². The monoisotopic (exact) mass is 272 g/mol. The molecule has 0 aliphatic heterocycles. The molecular formula is C16H24N4. The number of pyridine rings is 1. The third-order valence-electron chi connectivity index (χ3n) is 3.31. The van der Waals surface area contributed by atoms with Crippen molar-refractivity contribution in [3.63, 3.8) is 0 Å². The van der Waals surface area contributed by atoms with Crippen molar-refractivity contribution in [2.45, 2.75) is 46.6 Å². The highest BCUT2D eigenvalue weighted by Gasteiger charge is 2.21. The molecule has 0 saturated heterocycles. The Morgan fingerprint density at radius 3 is 2.50 bits per heavy atom. The SMILES string of the molecule is Cc1ccc(NCc2cn(C)nc2C(C)(C)C)c(C)n1. The summed E-state index contributed by atoms with van der Waals surface area (Å²) in [4.78, 5) is 4.48. The Morgan fingerprint density at radius 1 is 1.20 bits per heavy atom. The molecule has 2 rings (SSSR count). The van der Waals surface area contributed by atoms with Crippen LogP contribution in [0.1, 0.15) is 43.4 Å². The normalized spacial score (nSPS) is 11.7. The Bertz CT molecular complexity index is 605. The first-order chi connectivity index (χ1) is 9.27. The maximum atomic E-state index is 4.59. The molecule has 0 fully saturated rings. The van der Waals surface area contributed by atoms with E-state index in [1.54, 1.807) is 0 Å². The van der Waals surface area contributed by atoms with Gasteiger partial charge in [0.1, 0.15) is 0 Å². The first-order valence-electron chi connectivity index (χ1n) is 6.98. The van der Waals surface area contributed by atoms with Crippen LogP contribution in [-0.2, 0) is 19.0 Å². The summed E-state index contributed by atoms with van der Waals surface area (Å²) >= 11 is 0. The molecule has 0 saturated carbocycles. The molecule has 0 aliphatic carbocycles. The fourth-order valence-corrected chi connectivity index (χ4v) is 2.36. The van der Waals surface area contributed by atoms with Gasteiger partial charge in [-0.3, -0.25) is 9.67 Å². The summed E-state index contributed by atoms with van der Waals surface area (Å²) in [6.07, 6.45) is 2.09. The molecule has 0 bridgehead atoms. The number of rotatable bonds is 3. The summed E-state index contributed by atoms with van der Waals surface area (Å²) in [7, 11) is 1.97. The lowest BCUT2D eigenvalue weighted by atomic mass is 9.89. The number of aryl methyl sites for hydroxylation is 3. The summed E-state index contributed by atoms with van der Waals surface area (Å²) in [5.74, 6) is 0. The van der Waals surface area contributed by atoms with Gasteiger partial charge in [0.05, 0.1) is 17.1 Å². The number of nitrogens with one attached hydrogen (secondary N) is 1. The van der Waals surface area contributed by atoms with Crippen molar-refractivity contribution >= 4 is 5.69 Å². The van der Waals surface area contributed by atoms with Crippen LogP contribution in [0.15, 0.2) is 18.3 Å². The lowest BCUT2D eigenvalue weighted by Gasteiger charge is -2.18. The highest BCUT2D eigenvalue weighted by atomic mass is 15.3. The van der Waals surface area contributed by atoms with Crippen LogP contribution >= 0.6 is 0 Å². The number of hydrogen-bond donors (Lipinski definition) is 1. The van der Waals surface area contributed by atoms with Gasteiger partial charge in [0.25, 0.3) is 0 Å². The van der Waals surface area contributed by atoms with E-state index in [-0.39, 0.29) is 5.41 Å². The molecule has 4 heteroatoms. The Kier molecular flexibility index (Phi) is 3.84. The smallest absolute Gasteiger partial charge is 0.0727 e. The van der Waals surface area contributed by atoms with Crippen LogP contribution in [0.5, 0.6) is 0 Å². The zero-order valence-corrected chi connectivity index (χ0v) is 13.3. The van der Waals surface area contributed by atoms with Crippen molar-refractivity contribution in [2.24, 2.45) is 7.05 Å². The molecule has 0 aromatic carbocycles. The molecule has 0 unspecified atom stereocenters. The van der Waals surface area contributed by atoms with Gasteiger partial charge in [-0.25, -0.2) is 0 Å². The van der Waals surface area contributed by atoms with Crippen molar-refractivity contribution in [3.05, 3.63) is 41.0 Å². The molecule has 0 atom stereocenters. The topological polar surface area (TPSA) is 42.7 Å². The van der Waals surface area contributed by atoms with Crippen LogP contribution in [-0.4, -0.2) is 14.8 Å². The minimum absolute atomic E-state index is 0.0544. The number of nitrogens with zero attached hydrogens (tertiary/aromatic N) is 3. The summed E-state index contributed by atoms with van der Waals surface area (Å²) in [5.41, 5.74) is 5.60. The number of aromatic nitrogens is 3.